The van der Waals surface area contributed by atoms with Crippen molar-refractivity contribution >= 4 is 27.8 Å². The van der Waals surface area contributed by atoms with E-state index in [9.17, 15) is 0 Å². The van der Waals surface area contributed by atoms with Gasteiger partial charge in [-0.1, -0.05) is 119 Å². The van der Waals surface area contributed by atoms with E-state index in [0.717, 1.165) is 23.3 Å². The van der Waals surface area contributed by atoms with Gasteiger partial charge in [-0.25, -0.2) is 0 Å². The monoisotopic (exact) mass is 793 g/mol. The maximum atomic E-state index is 6.92. The van der Waals surface area contributed by atoms with Crippen LogP contribution in [0, 0.1) is 29.1 Å². The zero-order chi connectivity index (χ0) is 40.9. The van der Waals surface area contributed by atoms with Crippen LogP contribution in [-0.2, 0) is 16.2 Å². The molecule has 4 fully saturated rings. The number of benzene rings is 7. The Morgan fingerprint density at radius 3 is 1.67 bits per heavy atom. The second-order valence-corrected chi connectivity index (χ2v) is 21.4. The number of hydrogen-bond donors (Lipinski definition) is 0. The van der Waals surface area contributed by atoms with Gasteiger partial charge in [0.15, 0.2) is 0 Å². The maximum Gasteiger partial charge on any atom is 0.131 e. The number of para-hydroxylation sites is 1. The van der Waals surface area contributed by atoms with Crippen molar-refractivity contribution in [2.75, 3.05) is 4.90 Å². The third-order valence-electron chi connectivity index (χ3n) is 17.3. The van der Waals surface area contributed by atoms with Gasteiger partial charge in [0.2, 0.25) is 0 Å². The van der Waals surface area contributed by atoms with Crippen LogP contribution >= 0.6 is 0 Å². The summed E-state index contributed by atoms with van der Waals surface area (Å²) in [4.78, 5) is 2.55. The quantitative estimate of drug-likeness (QED) is 0.172. The average Bonchev–Trinajstić information content (AvgIpc) is 3.68. The minimum absolute atomic E-state index is 0.0133. The van der Waals surface area contributed by atoms with E-state index in [1.807, 2.05) is 0 Å². The van der Waals surface area contributed by atoms with Crippen molar-refractivity contribution in [3.63, 3.8) is 0 Å². The van der Waals surface area contributed by atoms with Gasteiger partial charge in [-0.15, -0.1) is 0 Å². The first-order valence-corrected chi connectivity index (χ1v) is 23.2. The van der Waals surface area contributed by atoms with Crippen molar-refractivity contribution < 1.29 is 4.74 Å². The molecule has 4 saturated carbocycles. The molecule has 1 aliphatic heterocycles. The fourth-order valence-corrected chi connectivity index (χ4v) is 14.7. The van der Waals surface area contributed by atoms with Gasteiger partial charge in [-0.05, 0) is 190 Å². The van der Waals surface area contributed by atoms with Crippen LogP contribution in [0.1, 0.15) is 94.9 Å². The second kappa shape index (κ2) is 12.5. The zero-order valence-corrected chi connectivity index (χ0v) is 36.0. The Balaban J connectivity index is 0.942. The molecule has 0 saturated heterocycles. The van der Waals surface area contributed by atoms with Crippen LogP contribution in [0.15, 0.2) is 152 Å². The molecule has 0 N–H and O–H groups in total. The first-order chi connectivity index (χ1) is 29.6. The molecule has 1 heterocycles. The fourth-order valence-electron chi connectivity index (χ4n) is 14.7. The highest BCUT2D eigenvalue weighted by molar-refractivity contribution is 5.91. The molecule has 2 spiro atoms. The van der Waals surface area contributed by atoms with Crippen molar-refractivity contribution in [3.05, 3.63) is 174 Å². The molecule has 4 atom stereocenters. The molecule has 5 aliphatic carbocycles. The molecule has 3 bridgehead atoms. The lowest BCUT2D eigenvalue weighted by Crippen LogP contribution is -2.64. The lowest BCUT2D eigenvalue weighted by molar-refractivity contribution is -0.0882. The van der Waals surface area contributed by atoms with Crippen LogP contribution in [-0.4, -0.2) is 0 Å². The Morgan fingerprint density at radius 1 is 0.443 bits per heavy atom. The van der Waals surface area contributed by atoms with E-state index in [1.54, 1.807) is 0 Å². The summed E-state index contributed by atoms with van der Waals surface area (Å²) in [7, 11) is 0. The molecule has 0 amide bonds. The van der Waals surface area contributed by atoms with Crippen molar-refractivity contribution in [1.29, 1.82) is 0 Å². The standard InChI is InChI=1S/C59H55NO/c1-56(2)26-27-57(3,4)50-33-46(22-24-48(50)56)60(45-20-18-40(19-21-45)42-15-17-43-31-41(14-16-44(43)32-42)39-10-6-5-7-11-39)47-23-25-53-51(34-47)59(49-12-8-9-13-52(49)61-53)54-29-37-28-38-30-55(59)58(54,35-37)36-38/h5-25,31-34,37-38,54-55H,26-30,35-36H2,1-4H3. The average molecular weight is 794 g/mol. The Bertz CT molecular complexity index is 2890. The van der Waals surface area contributed by atoms with Crippen LogP contribution in [0.25, 0.3) is 33.0 Å². The van der Waals surface area contributed by atoms with Gasteiger partial charge in [0.05, 0.1) is 0 Å². The van der Waals surface area contributed by atoms with Gasteiger partial charge in [-0.2, -0.15) is 0 Å². The minimum atomic E-state index is 0.0133. The maximum absolute atomic E-state index is 6.92. The van der Waals surface area contributed by atoms with E-state index in [0.29, 0.717) is 17.3 Å². The van der Waals surface area contributed by atoms with Gasteiger partial charge < -0.3 is 9.64 Å². The lowest BCUT2D eigenvalue weighted by atomic mass is 9.37. The van der Waals surface area contributed by atoms with Gasteiger partial charge in [0.25, 0.3) is 0 Å². The Labute approximate surface area is 361 Å². The van der Waals surface area contributed by atoms with Crippen molar-refractivity contribution in [1.82, 2.24) is 0 Å². The van der Waals surface area contributed by atoms with Crippen LogP contribution in [0.2, 0.25) is 0 Å². The first kappa shape index (κ1) is 36.1. The molecular weight excluding hydrogens is 739 g/mol. The van der Waals surface area contributed by atoms with Crippen LogP contribution in [0.5, 0.6) is 11.5 Å². The molecule has 2 nitrogen and oxygen atoms in total. The van der Waals surface area contributed by atoms with Crippen molar-refractivity contribution in [2.24, 2.45) is 29.1 Å². The van der Waals surface area contributed by atoms with E-state index in [4.69, 9.17) is 4.74 Å². The molecule has 2 heteroatoms. The number of rotatable bonds is 5. The van der Waals surface area contributed by atoms with Gasteiger partial charge >= 0.3 is 0 Å². The minimum Gasteiger partial charge on any atom is -0.457 e. The summed E-state index contributed by atoms with van der Waals surface area (Å²) < 4.78 is 6.92. The number of hydrogen-bond acceptors (Lipinski definition) is 2. The number of anilines is 3. The molecule has 6 aliphatic rings. The summed E-state index contributed by atoms with van der Waals surface area (Å²) in [5, 5.41) is 2.52. The largest absolute Gasteiger partial charge is 0.457 e. The number of fused-ring (bicyclic) bond motifs is 10. The van der Waals surface area contributed by atoms with E-state index in [1.165, 1.54) is 117 Å². The number of ether oxygens (including phenoxy) is 1. The summed E-state index contributed by atoms with van der Waals surface area (Å²) in [5.74, 6) is 5.31. The smallest absolute Gasteiger partial charge is 0.131 e. The summed E-state index contributed by atoms with van der Waals surface area (Å²) in [6.45, 7) is 9.76. The van der Waals surface area contributed by atoms with Crippen LogP contribution in [0.3, 0.4) is 0 Å². The molecule has 4 unspecified atom stereocenters. The number of nitrogens with zero attached hydrogens (tertiary/aromatic N) is 1. The summed E-state index contributed by atoms with van der Waals surface area (Å²) >= 11 is 0. The molecule has 7 aromatic rings. The van der Waals surface area contributed by atoms with E-state index in [-0.39, 0.29) is 16.2 Å². The predicted molar refractivity (Wildman–Crippen MR) is 252 cm³/mol. The summed E-state index contributed by atoms with van der Waals surface area (Å²) in [6, 6.07) is 57.5. The van der Waals surface area contributed by atoms with Gasteiger partial charge in [-0.3, -0.25) is 0 Å². The molecule has 0 radical (unpaired) electrons. The highest BCUT2D eigenvalue weighted by Gasteiger charge is 2.79. The SMILES string of the molecule is CC1(C)CCC(C)(C)c2cc(N(c3ccc(-c4ccc5cc(-c6ccccc6)ccc5c4)cc3)c3ccc4c(c3)C3(c5ccccc5O4)C4CC5CC6CC3C4(C5)C6)ccc21. The molecule has 61 heavy (non-hydrogen) atoms. The second-order valence-electron chi connectivity index (χ2n) is 21.4. The summed E-state index contributed by atoms with van der Waals surface area (Å²) in [5.41, 5.74) is 15.3. The molecule has 7 aromatic carbocycles. The summed E-state index contributed by atoms with van der Waals surface area (Å²) in [6.07, 6.45) is 9.49. The fraction of sp³-hybridized carbons (Fsp3) is 0.322. The van der Waals surface area contributed by atoms with E-state index >= 15 is 0 Å². The normalized spacial score (nSPS) is 27.7. The van der Waals surface area contributed by atoms with Gasteiger partial charge in [0, 0.05) is 33.6 Å². The van der Waals surface area contributed by atoms with Gasteiger partial charge in [0.1, 0.15) is 11.5 Å². The highest BCUT2D eigenvalue weighted by Crippen LogP contribution is 2.85. The molecule has 302 valence electrons. The predicted octanol–water partition coefficient (Wildman–Crippen LogP) is 15.8. The van der Waals surface area contributed by atoms with Crippen molar-refractivity contribution in [3.8, 4) is 33.8 Å². The topological polar surface area (TPSA) is 12.5 Å². The van der Waals surface area contributed by atoms with E-state index < -0.39 is 0 Å². The van der Waals surface area contributed by atoms with Crippen LogP contribution < -0.4 is 9.64 Å². The molecular formula is C59H55NO. The third-order valence-corrected chi connectivity index (χ3v) is 17.3. The van der Waals surface area contributed by atoms with Crippen LogP contribution in [0.4, 0.5) is 17.1 Å². The first-order valence-electron chi connectivity index (χ1n) is 23.2. The van der Waals surface area contributed by atoms with E-state index in [2.05, 4.69) is 184 Å². The Morgan fingerprint density at radius 2 is 0.984 bits per heavy atom. The lowest BCUT2D eigenvalue weighted by Gasteiger charge is -2.66. The van der Waals surface area contributed by atoms with Crippen molar-refractivity contribution in [2.45, 2.75) is 88.9 Å². The Kier molecular flexibility index (Phi) is 7.40. The Hall–Kier alpha value is -5.60. The highest BCUT2D eigenvalue weighted by atomic mass is 16.5. The molecule has 0 aromatic heterocycles. The third kappa shape index (κ3) is 5.03. The molecule has 13 rings (SSSR count). The zero-order valence-electron chi connectivity index (χ0n) is 36.0.